The van der Waals surface area contributed by atoms with Crippen LogP contribution in [0.3, 0.4) is 0 Å². The minimum Gasteiger partial charge on any atom is -0.319 e. The molecule has 2 aromatic rings. The van der Waals surface area contributed by atoms with Gasteiger partial charge >= 0.3 is 0 Å². The minimum atomic E-state index is -0.419. The summed E-state index contributed by atoms with van der Waals surface area (Å²) in [6.45, 7) is 1.87. The van der Waals surface area contributed by atoms with Crippen LogP contribution in [0.4, 0.5) is 5.69 Å². The molecule has 5 nitrogen and oxygen atoms in total. The number of hydrogen-bond donors (Lipinski definition) is 1. The summed E-state index contributed by atoms with van der Waals surface area (Å²) in [6, 6.07) is 9.50. The Hall–Kier alpha value is -2.01. The number of amides is 1. The van der Waals surface area contributed by atoms with E-state index in [0.717, 1.165) is 43.5 Å². The summed E-state index contributed by atoms with van der Waals surface area (Å²) in [7, 11) is 1.85. The number of para-hydroxylation sites is 1. The number of aromatic nitrogens is 2. The van der Waals surface area contributed by atoms with Crippen molar-refractivity contribution in [1.82, 2.24) is 9.36 Å². The van der Waals surface area contributed by atoms with Crippen LogP contribution in [0.1, 0.15) is 44.2 Å². The lowest BCUT2D eigenvalue weighted by Gasteiger charge is -2.59. The molecule has 148 valence electrons. The maximum absolute atomic E-state index is 13.4. The van der Waals surface area contributed by atoms with Gasteiger partial charge in [0, 0.05) is 11.9 Å². The zero-order valence-corrected chi connectivity index (χ0v) is 17.1. The van der Waals surface area contributed by atoms with Crippen LogP contribution < -0.4 is 10.9 Å². The largest absolute Gasteiger partial charge is 0.319 e. The third-order valence-corrected chi connectivity index (χ3v) is 7.71. The number of rotatable bonds is 3. The van der Waals surface area contributed by atoms with Crippen LogP contribution in [-0.2, 0) is 11.8 Å². The normalized spacial score (nSPS) is 33.2. The van der Waals surface area contributed by atoms with Crippen LogP contribution in [0.2, 0.25) is 0 Å². The van der Waals surface area contributed by atoms with Gasteiger partial charge in [0.15, 0.2) is 0 Å². The average Bonchev–Trinajstić information content (AvgIpc) is 2.84. The van der Waals surface area contributed by atoms with E-state index in [1.165, 1.54) is 6.42 Å². The molecule has 1 aromatic carbocycles. The molecule has 1 aromatic heterocycles. The summed E-state index contributed by atoms with van der Waals surface area (Å²) in [4.78, 5) is 26.4. The summed E-state index contributed by atoms with van der Waals surface area (Å²) in [5.74, 6) is 1.07. The highest BCUT2D eigenvalue weighted by Gasteiger charge is 2.60. The molecule has 4 atom stereocenters. The summed E-state index contributed by atoms with van der Waals surface area (Å²) in [5.41, 5.74) is 1.32. The van der Waals surface area contributed by atoms with Gasteiger partial charge in [-0.25, -0.2) is 4.68 Å². The molecular formula is C22H26ClN3O2. The van der Waals surface area contributed by atoms with Crippen molar-refractivity contribution in [2.45, 2.75) is 50.3 Å². The summed E-state index contributed by atoms with van der Waals surface area (Å²) in [6.07, 6.45) is 5.81. The zero-order valence-electron chi connectivity index (χ0n) is 16.4. The van der Waals surface area contributed by atoms with Crippen LogP contribution in [0, 0.1) is 24.2 Å². The Bertz CT molecular complexity index is 993. The molecule has 28 heavy (non-hydrogen) atoms. The van der Waals surface area contributed by atoms with Gasteiger partial charge in [-0.15, -0.1) is 11.6 Å². The Kier molecular flexibility index (Phi) is 3.86. The fourth-order valence-electron chi connectivity index (χ4n) is 6.37. The molecular weight excluding hydrogens is 374 g/mol. The number of nitrogens with one attached hydrogen (secondary N) is 1. The van der Waals surface area contributed by atoms with Crippen molar-refractivity contribution in [2.24, 2.45) is 24.3 Å². The van der Waals surface area contributed by atoms with E-state index in [9.17, 15) is 9.59 Å². The monoisotopic (exact) mass is 399 g/mol. The molecule has 4 aliphatic carbocycles. The van der Waals surface area contributed by atoms with Gasteiger partial charge in [-0.05, 0) is 69.4 Å². The van der Waals surface area contributed by atoms with Gasteiger partial charge in [0.25, 0.3) is 5.56 Å². The first-order valence-electron chi connectivity index (χ1n) is 10.1. The molecule has 2 unspecified atom stereocenters. The first-order valence-corrected chi connectivity index (χ1v) is 10.5. The Labute approximate surface area is 169 Å². The van der Waals surface area contributed by atoms with Gasteiger partial charge in [-0.1, -0.05) is 18.2 Å². The van der Waals surface area contributed by atoms with Gasteiger partial charge in [-0.2, -0.15) is 0 Å². The number of nitrogens with zero attached hydrogens (tertiary/aromatic N) is 2. The molecule has 0 spiro atoms. The third kappa shape index (κ3) is 2.59. The van der Waals surface area contributed by atoms with Gasteiger partial charge in [0.2, 0.25) is 5.91 Å². The SMILES string of the molecule is Cc1c(NC(=O)C23C[C@@H]4C[C@@H](CC(Cl)(C4)C2)C3)c(=O)n(-c2ccccc2)n1C. The van der Waals surface area contributed by atoms with E-state index in [4.69, 9.17) is 11.6 Å². The Morgan fingerprint density at radius 3 is 2.39 bits per heavy atom. The Morgan fingerprint density at radius 2 is 1.79 bits per heavy atom. The lowest BCUT2D eigenvalue weighted by atomic mass is 9.49. The molecule has 1 amide bonds. The number of benzene rings is 1. The molecule has 1 N–H and O–H groups in total. The van der Waals surface area contributed by atoms with Crippen molar-refractivity contribution in [2.75, 3.05) is 5.32 Å². The summed E-state index contributed by atoms with van der Waals surface area (Å²) < 4.78 is 3.41. The number of carbonyl (C=O) groups excluding carboxylic acids is 1. The van der Waals surface area contributed by atoms with Crippen LogP contribution in [-0.4, -0.2) is 20.1 Å². The molecule has 0 saturated heterocycles. The molecule has 6 rings (SSSR count). The number of alkyl halides is 1. The maximum Gasteiger partial charge on any atom is 0.295 e. The third-order valence-electron chi connectivity index (χ3n) is 7.26. The highest BCUT2D eigenvalue weighted by atomic mass is 35.5. The smallest absolute Gasteiger partial charge is 0.295 e. The van der Waals surface area contributed by atoms with Crippen molar-refractivity contribution in [1.29, 1.82) is 0 Å². The molecule has 4 saturated carbocycles. The number of halogens is 1. The molecule has 4 bridgehead atoms. The average molecular weight is 400 g/mol. The predicted molar refractivity (Wildman–Crippen MR) is 110 cm³/mol. The lowest BCUT2D eigenvalue weighted by Crippen LogP contribution is -2.57. The Morgan fingerprint density at radius 1 is 1.14 bits per heavy atom. The van der Waals surface area contributed by atoms with Crippen LogP contribution in [0.15, 0.2) is 35.1 Å². The maximum atomic E-state index is 13.4. The summed E-state index contributed by atoms with van der Waals surface area (Å²) in [5, 5.41) is 3.03. The van der Waals surface area contributed by atoms with E-state index >= 15 is 0 Å². The van der Waals surface area contributed by atoms with Gasteiger partial charge < -0.3 is 5.32 Å². The van der Waals surface area contributed by atoms with E-state index in [1.54, 1.807) is 9.36 Å². The minimum absolute atomic E-state index is 0.0161. The van der Waals surface area contributed by atoms with Crippen molar-refractivity contribution >= 4 is 23.2 Å². The molecule has 4 fully saturated rings. The zero-order chi connectivity index (χ0) is 19.7. The second-order valence-electron chi connectivity index (χ2n) is 9.28. The molecule has 0 aliphatic heterocycles. The topological polar surface area (TPSA) is 56.0 Å². The van der Waals surface area contributed by atoms with E-state index in [-0.39, 0.29) is 16.3 Å². The number of anilines is 1. The van der Waals surface area contributed by atoms with Crippen LogP contribution >= 0.6 is 11.6 Å². The highest BCUT2D eigenvalue weighted by Crippen LogP contribution is 2.64. The fourth-order valence-corrected chi connectivity index (χ4v) is 7.07. The van der Waals surface area contributed by atoms with Crippen molar-refractivity contribution in [3.8, 4) is 5.69 Å². The molecule has 6 heteroatoms. The first-order chi connectivity index (χ1) is 13.3. The lowest BCUT2D eigenvalue weighted by molar-refractivity contribution is -0.138. The molecule has 4 aliphatic rings. The summed E-state index contributed by atoms with van der Waals surface area (Å²) >= 11 is 6.89. The molecule has 1 heterocycles. The second kappa shape index (κ2) is 5.99. The van der Waals surface area contributed by atoms with Crippen molar-refractivity contribution in [3.63, 3.8) is 0 Å². The van der Waals surface area contributed by atoms with Gasteiger partial charge in [-0.3, -0.25) is 14.3 Å². The van der Waals surface area contributed by atoms with Gasteiger partial charge in [0.05, 0.1) is 16.8 Å². The van der Waals surface area contributed by atoms with Crippen molar-refractivity contribution in [3.05, 3.63) is 46.4 Å². The van der Waals surface area contributed by atoms with E-state index in [0.29, 0.717) is 17.5 Å². The van der Waals surface area contributed by atoms with Crippen LogP contribution in [0.25, 0.3) is 5.69 Å². The Balaban J connectivity index is 1.49. The predicted octanol–water partition coefficient (Wildman–Crippen LogP) is 4.00. The molecule has 0 radical (unpaired) electrons. The van der Waals surface area contributed by atoms with E-state index < -0.39 is 5.41 Å². The number of carbonyl (C=O) groups is 1. The second-order valence-corrected chi connectivity index (χ2v) is 10.1. The van der Waals surface area contributed by atoms with Crippen molar-refractivity contribution < 1.29 is 4.79 Å². The van der Waals surface area contributed by atoms with E-state index in [2.05, 4.69) is 5.32 Å². The van der Waals surface area contributed by atoms with E-state index in [1.807, 2.05) is 44.3 Å². The quantitative estimate of drug-likeness (QED) is 0.793. The standard InChI is InChI=1S/C22H26ClN3O2/c1-14-18(19(27)26(25(14)2)17-6-4-3-5-7-17)24-20(28)21-9-15-8-16(10-21)12-22(23,11-15)13-21/h3-7,15-16H,8-13H2,1-2H3,(H,24,28)/t15-,16+,21?,22?. The first kappa shape index (κ1) is 18.0. The van der Waals surface area contributed by atoms with Crippen LogP contribution in [0.5, 0.6) is 0 Å². The number of hydrogen-bond acceptors (Lipinski definition) is 2. The fraction of sp³-hybridized carbons (Fsp3) is 0.545. The highest BCUT2D eigenvalue weighted by molar-refractivity contribution is 6.24. The van der Waals surface area contributed by atoms with Gasteiger partial charge in [0.1, 0.15) is 5.69 Å².